The first kappa shape index (κ1) is 21.3. The van der Waals surface area contributed by atoms with E-state index < -0.39 is 12.1 Å². The van der Waals surface area contributed by atoms with Crippen molar-refractivity contribution in [3.63, 3.8) is 0 Å². The molecule has 0 saturated carbocycles. The Balaban J connectivity index is 1.46. The lowest BCUT2D eigenvalue weighted by molar-refractivity contribution is 0.0509. The van der Waals surface area contributed by atoms with Crippen LogP contribution < -0.4 is 0 Å². The summed E-state index contributed by atoms with van der Waals surface area (Å²) >= 11 is 1.69. The molecule has 1 aliphatic rings. The van der Waals surface area contributed by atoms with Gasteiger partial charge >= 0.3 is 5.97 Å². The zero-order valence-corrected chi connectivity index (χ0v) is 18.6. The number of hydrogen-bond acceptors (Lipinski definition) is 5. The predicted octanol–water partition coefficient (Wildman–Crippen LogP) is 6.07. The van der Waals surface area contributed by atoms with Gasteiger partial charge in [-0.2, -0.15) is 0 Å². The first-order chi connectivity index (χ1) is 14.9. The molecule has 158 valence electrons. The number of nitrogens with zero attached hydrogens (tertiary/aromatic N) is 1. The third kappa shape index (κ3) is 4.73. The fourth-order valence-corrected chi connectivity index (χ4v) is 4.51. The summed E-state index contributed by atoms with van der Waals surface area (Å²) in [6.45, 7) is 6.22. The Morgan fingerprint density at radius 2 is 1.77 bits per heavy atom. The van der Waals surface area contributed by atoms with Crippen LogP contribution in [0.1, 0.15) is 58.5 Å². The van der Waals surface area contributed by atoms with Gasteiger partial charge in [0.2, 0.25) is 0 Å². The van der Waals surface area contributed by atoms with E-state index in [0.29, 0.717) is 23.6 Å². The lowest BCUT2D eigenvalue weighted by Gasteiger charge is -2.08. The van der Waals surface area contributed by atoms with Crippen LogP contribution in [0.2, 0.25) is 0 Å². The summed E-state index contributed by atoms with van der Waals surface area (Å²) in [5.41, 5.74) is 4.88. The van der Waals surface area contributed by atoms with Gasteiger partial charge in [-0.25, -0.2) is 4.79 Å². The van der Waals surface area contributed by atoms with Crippen LogP contribution in [0.5, 0.6) is 0 Å². The quantitative estimate of drug-likeness (QED) is 0.393. The number of rotatable bonds is 5. The summed E-state index contributed by atoms with van der Waals surface area (Å²) in [7, 11) is 0. The molecular weight excluding hydrogens is 406 g/mol. The third-order valence-corrected chi connectivity index (χ3v) is 6.49. The Kier molecular flexibility index (Phi) is 6.25. The van der Waals surface area contributed by atoms with Crippen LogP contribution in [0.3, 0.4) is 0 Å². The van der Waals surface area contributed by atoms with E-state index in [4.69, 9.17) is 4.84 Å². The monoisotopic (exact) mass is 431 g/mol. The molecule has 1 N–H and O–H groups in total. The molecule has 0 fully saturated rings. The standard InChI is InChI=1S/C26H25NO3S/c1-16(2)18-8-10-20(11-9-18)31-21-12-13-23-19(14-21)15-24(25(23)28)27-30-26(29)22-7-5-4-6-17(22)3/h4-14,16,25,28H,15H2,1-3H3/b27-24-. The van der Waals surface area contributed by atoms with Gasteiger partial charge in [-0.15, -0.1) is 0 Å². The predicted molar refractivity (Wildman–Crippen MR) is 124 cm³/mol. The molecule has 1 atom stereocenters. The van der Waals surface area contributed by atoms with E-state index >= 15 is 0 Å². The number of hydrogen-bond donors (Lipinski definition) is 1. The lowest BCUT2D eigenvalue weighted by Crippen LogP contribution is -2.10. The Labute approximate surface area is 187 Å². The first-order valence-corrected chi connectivity index (χ1v) is 11.2. The molecular formula is C26H25NO3S. The van der Waals surface area contributed by atoms with Crippen LogP contribution in [0, 0.1) is 6.92 Å². The first-order valence-electron chi connectivity index (χ1n) is 10.3. The second-order valence-electron chi connectivity index (χ2n) is 8.04. The lowest BCUT2D eigenvalue weighted by atomic mass is 10.0. The molecule has 0 bridgehead atoms. The maximum atomic E-state index is 12.3. The van der Waals surface area contributed by atoms with E-state index in [0.717, 1.165) is 21.6 Å². The van der Waals surface area contributed by atoms with Crippen molar-refractivity contribution in [1.82, 2.24) is 0 Å². The minimum atomic E-state index is -0.857. The van der Waals surface area contributed by atoms with Crippen LogP contribution >= 0.6 is 11.8 Å². The average molecular weight is 432 g/mol. The van der Waals surface area contributed by atoms with Crippen molar-refractivity contribution in [3.8, 4) is 0 Å². The second kappa shape index (κ2) is 9.08. The summed E-state index contributed by atoms with van der Waals surface area (Å²) in [4.78, 5) is 19.7. The maximum absolute atomic E-state index is 12.3. The molecule has 0 radical (unpaired) electrons. The van der Waals surface area contributed by atoms with Crippen molar-refractivity contribution in [2.75, 3.05) is 0 Å². The highest BCUT2D eigenvalue weighted by Crippen LogP contribution is 2.35. The molecule has 3 aromatic rings. The molecule has 4 rings (SSSR count). The molecule has 5 heteroatoms. The SMILES string of the molecule is Cc1ccccc1C(=O)O/N=C1/Cc2cc(Sc3ccc(C(C)C)cc3)ccc2C1O. The zero-order chi connectivity index (χ0) is 22.0. The minimum absolute atomic E-state index is 0.445. The number of fused-ring (bicyclic) bond motifs is 1. The maximum Gasteiger partial charge on any atom is 0.365 e. The third-order valence-electron chi connectivity index (χ3n) is 5.49. The highest BCUT2D eigenvalue weighted by Gasteiger charge is 2.28. The van der Waals surface area contributed by atoms with Gasteiger partial charge < -0.3 is 9.94 Å². The Hall–Kier alpha value is -2.89. The van der Waals surface area contributed by atoms with Crippen molar-refractivity contribution in [3.05, 3.63) is 94.5 Å². The van der Waals surface area contributed by atoms with Gasteiger partial charge in [0.25, 0.3) is 0 Å². The van der Waals surface area contributed by atoms with Crippen molar-refractivity contribution in [2.45, 2.75) is 49.0 Å². The molecule has 0 heterocycles. The Morgan fingerprint density at radius 1 is 1.06 bits per heavy atom. The van der Waals surface area contributed by atoms with Crippen molar-refractivity contribution in [2.24, 2.45) is 5.16 Å². The Bertz CT molecular complexity index is 1140. The van der Waals surface area contributed by atoms with Gasteiger partial charge in [-0.3, -0.25) is 0 Å². The fraction of sp³-hybridized carbons (Fsp3) is 0.231. The molecule has 31 heavy (non-hydrogen) atoms. The molecule has 0 aliphatic heterocycles. The largest absolute Gasteiger partial charge is 0.382 e. The van der Waals surface area contributed by atoms with Crippen molar-refractivity contribution >= 4 is 23.4 Å². The van der Waals surface area contributed by atoms with E-state index in [9.17, 15) is 9.90 Å². The smallest absolute Gasteiger partial charge is 0.365 e. The molecule has 0 saturated heterocycles. The summed E-state index contributed by atoms with van der Waals surface area (Å²) in [6, 6.07) is 21.8. The number of carbonyl (C=O) groups is 1. The minimum Gasteiger partial charge on any atom is -0.382 e. The van der Waals surface area contributed by atoms with E-state index in [1.165, 1.54) is 10.5 Å². The molecule has 0 spiro atoms. The van der Waals surface area contributed by atoms with E-state index in [-0.39, 0.29) is 0 Å². The molecule has 3 aromatic carbocycles. The normalized spacial score (nSPS) is 16.5. The van der Waals surface area contributed by atoms with Crippen molar-refractivity contribution < 1.29 is 14.7 Å². The molecule has 0 aromatic heterocycles. The highest BCUT2D eigenvalue weighted by atomic mass is 32.2. The number of aliphatic hydroxyl groups is 1. The number of aryl methyl sites for hydroxylation is 1. The van der Waals surface area contributed by atoms with Gasteiger partial charge in [-0.05, 0) is 65.4 Å². The summed E-state index contributed by atoms with van der Waals surface area (Å²) in [5.74, 6) is -0.00649. The van der Waals surface area contributed by atoms with E-state index in [1.54, 1.807) is 23.9 Å². The van der Waals surface area contributed by atoms with E-state index in [2.05, 4.69) is 49.3 Å². The number of aliphatic hydroxyl groups excluding tert-OH is 1. The number of carbonyl (C=O) groups excluding carboxylic acids is 1. The van der Waals surface area contributed by atoms with Gasteiger partial charge in [-0.1, -0.05) is 67.2 Å². The van der Waals surface area contributed by atoms with Crippen molar-refractivity contribution in [1.29, 1.82) is 0 Å². The average Bonchev–Trinajstić information content (AvgIpc) is 3.07. The molecule has 0 amide bonds. The topological polar surface area (TPSA) is 58.9 Å². The van der Waals surface area contributed by atoms with Crippen LogP contribution in [-0.4, -0.2) is 16.8 Å². The fourth-order valence-electron chi connectivity index (χ4n) is 3.63. The summed E-state index contributed by atoms with van der Waals surface area (Å²) in [5, 5.41) is 14.6. The molecule has 1 unspecified atom stereocenters. The highest BCUT2D eigenvalue weighted by molar-refractivity contribution is 7.99. The summed E-state index contributed by atoms with van der Waals surface area (Å²) in [6.07, 6.45) is -0.401. The molecule has 1 aliphatic carbocycles. The van der Waals surface area contributed by atoms with E-state index in [1.807, 2.05) is 31.2 Å². The van der Waals surface area contributed by atoms with Crippen LogP contribution in [0.25, 0.3) is 0 Å². The van der Waals surface area contributed by atoms with Gasteiger partial charge in [0.05, 0.1) is 11.3 Å². The van der Waals surface area contributed by atoms with Gasteiger partial charge in [0, 0.05) is 16.2 Å². The van der Waals surface area contributed by atoms with Gasteiger partial charge in [0.1, 0.15) is 6.10 Å². The zero-order valence-electron chi connectivity index (χ0n) is 17.8. The Morgan fingerprint density at radius 3 is 2.48 bits per heavy atom. The van der Waals surface area contributed by atoms with Crippen LogP contribution in [-0.2, 0) is 11.3 Å². The number of benzene rings is 3. The van der Waals surface area contributed by atoms with Gasteiger partial charge in [0.15, 0.2) is 0 Å². The second-order valence-corrected chi connectivity index (χ2v) is 9.19. The summed E-state index contributed by atoms with van der Waals surface area (Å²) < 4.78 is 0. The number of oxime groups is 1. The molecule has 4 nitrogen and oxygen atoms in total. The van der Waals surface area contributed by atoms with Crippen LogP contribution in [0.15, 0.2) is 81.7 Å². The van der Waals surface area contributed by atoms with Crippen LogP contribution in [0.4, 0.5) is 0 Å².